The first-order valence-corrected chi connectivity index (χ1v) is 14.0. The zero-order valence-corrected chi connectivity index (χ0v) is 24.2. The highest BCUT2D eigenvalue weighted by Gasteiger charge is 2.50. The standard InChI is InChI=1S/C30H34F2N6O4/c1-15-24-18(27(40)42-29(15,4)5)6-7-22(37-24)36-23-10-19-20(11-34-23)25(35-12-21(19)28(2,3)33)41-17-8-16(9-17)26(39)38-13-30(31,32)14-38/h6-7,10-12,15-17H,8-9,13-14,33H2,1-5H3,(H,34,36,37)/t15-,16?,17?/m1/s1. The van der Waals surface area contributed by atoms with Crippen LogP contribution in [0.2, 0.25) is 0 Å². The minimum atomic E-state index is -2.78. The Kier molecular flexibility index (Phi) is 6.41. The quantitative estimate of drug-likeness (QED) is 0.400. The van der Waals surface area contributed by atoms with Gasteiger partial charge < -0.3 is 25.4 Å². The predicted octanol–water partition coefficient (Wildman–Crippen LogP) is 4.65. The molecule has 3 aliphatic rings. The number of hydrogen-bond donors (Lipinski definition) is 2. The Bertz CT molecular complexity index is 1590. The van der Waals surface area contributed by atoms with E-state index < -0.39 is 36.1 Å². The lowest BCUT2D eigenvalue weighted by Gasteiger charge is -2.43. The van der Waals surface area contributed by atoms with Gasteiger partial charge in [-0.1, -0.05) is 6.92 Å². The van der Waals surface area contributed by atoms with Crippen molar-refractivity contribution in [3.05, 3.63) is 47.4 Å². The molecule has 2 fully saturated rings. The summed E-state index contributed by atoms with van der Waals surface area (Å²) in [5.41, 5.74) is 6.97. The van der Waals surface area contributed by atoms with Gasteiger partial charge in [0.05, 0.1) is 29.7 Å². The van der Waals surface area contributed by atoms with Gasteiger partial charge in [-0.25, -0.2) is 28.5 Å². The molecule has 1 saturated carbocycles. The van der Waals surface area contributed by atoms with Crippen LogP contribution in [0.4, 0.5) is 20.4 Å². The van der Waals surface area contributed by atoms with Crippen molar-refractivity contribution in [3.8, 4) is 5.88 Å². The van der Waals surface area contributed by atoms with Crippen molar-refractivity contribution >= 4 is 34.3 Å². The van der Waals surface area contributed by atoms with E-state index in [0.717, 1.165) is 10.9 Å². The maximum atomic E-state index is 13.2. The summed E-state index contributed by atoms with van der Waals surface area (Å²) in [6.45, 7) is 8.45. The molecule has 42 heavy (non-hydrogen) atoms. The largest absolute Gasteiger partial charge is 0.474 e. The molecule has 6 rings (SSSR count). The van der Waals surface area contributed by atoms with Crippen LogP contribution in [0.1, 0.15) is 75.0 Å². The smallest absolute Gasteiger partial charge is 0.340 e. The molecule has 0 aromatic carbocycles. The monoisotopic (exact) mass is 580 g/mol. The highest BCUT2D eigenvalue weighted by atomic mass is 19.3. The molecule has 3 aromatic rings. The number of halogens is 2. The molecule has 5 heterocycles. The van der Waals surface area contributed by atoms with Crippen LogP contribution in [-0.2, 0) is 15.1 Å². The van der Waals surface area contributed by atoms with E-state index in [-0.39, 0.29) is 23.8 Å². The number of nitrogens with one attached hydrogen (secondary N) is 1. The summed E-state index contributed by atoms with van der Waals surface area (Å²) in [4.78, 5) is 40.0. The average Bonchev–Trinajstić information content (AvgIpc) is 2.86. The Morgan fingerprint density at radius 1 is 1.14 bits per heavy atom. The van der Waals surface area contributed by atoms with Crippen molar-refractivity contribution in [2.45, 2.75) is 76.5 Å². The lowest BCUT2D eigenvalue weighted by molar-refractivity contribution is -0.174. The summed E-state index contributed by atoms with van der Waals surface area (Å²) < 4.78 is 38.1. The number of carbonyl (C=O) groups is 2. The third-order valence-electron chi connectivity index (χ3n) is 8.52. The van der Waals surface area contributed by atoms with E-state index >= 15 is 0 Å². The normalized spacial score (nSPS) is 24.2. The molecule has 3 aromatic heterocycles. The van der Waals surface area contributed by atoms with E-state index in [2.05, 4.69) is 15.3 Å². The van der Waals surface area contributed by atoms with Gasteiger partial charge >= 0.3 is 5.97 Å². The maximum Gasteiger partial charge on any atom is 0.340 e. The first kappa shape index (κ1) is 28.2. The van der Waals surface area contributed by atoms with E-state index in [1.54, 1.807) is 24.5 Å². The highest BCUT2D eigenvalue weighted by Crippen LogP contribution is 2.40. The molecule has 12 heteroatoms. The summed E-state index contributed by atoms with van der Waals surface area (Å²) >= 11 is 0. The molecule has 0 radical (unpaired) electrons. The number of pyridine rings is 3. The summed E-state index contributed by atoms with van der Waals surface area (Å²) in [7, 11) is 0. The van der Waals surface area contributed by atoms with E-state index in [0.29, 0.717) is 47.0 Å². The Balaban J connectivity index is 1.23. The molecule has 222 valence electrons. The van der Waals surface area contributed by atoms with Crippen LogP contribution in [-0.4, -0.2) is 62.4 Å². The zero-order valence-electron chi connectivity index (χ0n) is 24.2. The van der Waals surface area contributed by atoms with Gasteiger partial charge in [-0.2, -0.15) is 0 Å². The van der Waals surface area contributed by atoms with E-state index in [9.17, 15) is 18.4 Å². The number of hydrogen-bond acceptors (Lipinski definition) is 9. The Morgan fingerprint density at radius 2 is 1.86 bits per heavy atom. The fourth-order valence-corrected chi connectivity index (χ4v) is 5.62. The van der Waals surface area contributed by atoms with Gasteiger partial charge in [0.15, 0.2) is 0 Å². The molecule has 1 atom stereocenters. The number of ether oxygens (including phenoxy) is 2. The van der Waals surface area contributed by atoms with Crippen molar-refractivity contribution < 1.29 is 27.8 Å². The predicted molar refractivity (Wildman–Crippen MR) is 151 cm³/mol. The molecule has 2 aliphatic heterocycles. The fourth-order valence-electron chi connectivity index (χ4n) is 5.62. The molecule has 0 unspecified atom stereocenters. The summed E-state index contributed by atoms with van der Waals surface area (Å²) in [6, 6.07) is 5.27. The summed E-state index contributed by atoms with van der Waals surface area (Å²) in [6.07, 6.45) is 3.95. The Morgan fingerprint density at radius 3 is 2.52 bits per heavy atom. The molecular weight excluding hydrogens is 546 g/mol. The van der Waals surface area contributed by atoms with Crippen LogP contribution in [0.3, 0.4) is 0 Å². The van der Waals surface area contributed by atoms with Gasteiger partial charge in [0.25, 0.3) is 5.92 Å². The van der Waals surface area contributed by atoms with Gasteiger partial charge in [-0.15, -0.1) is 0 Å². The number of anilines is 2. The van der Waals surface area contributed by atoms with Crippen molar-refractivity contribution in [2.75, 3.05) is 18.4 Å². The van der Waals surface area contributed by atoms with Crippen molar-refractivity contribution in [1.29, 1.82) is 0 Å². The number of amides is 1. The zero-order chi connectivity index (χ0) is 30.2. The van der Waals surface area contributed by atoms with E-state index in [1.165, 1.54) is 4.90 Å². The van der Waals surface area contributed by atoms with E-state index in [1.807, 2.05) is 40.7 Å². The lowest BCUT2D eigenvalue weighted by atomic mass is 9.80. The van der Waals surface area contributed by atoms with Crippen LogP contribution in [0, 0.1) is 5.92 Å². The number of rotatable bonds is 6. The fraction of sp³-hybridized carbons (Fsp3) is 0.500. The van der Waals surface area contributed by atoms with Gasteiger partial charge in [0.1, 0.15) is 23.3 Å². The number of nitrogens with two attached hydrogens (primary N) is 1. The van der Waals surface area contributed by atoms with Crippen molar-refractivity contribution in [3.63, 3.8) is 0 Å². The third-order valence-corrected chi connectivity index (χ3v) is 8.52. The van der Waals surface area contributed by atoms with Crippen LogP contribution < -0.4 is 15.8 Å². The molecular formula is C30H34F2N6O4. The van der Waals surface area contributed by atoms with Crippen LogP contribution in [0.25, 0.3) is 10.8 Å². The number of alkyl halides is 2. The Hall–Kier alpha value is -3.93. The minimum absolute atomic E-state index is 0.111. The third kappa shape index (κ3) is 5.01. The van der Waals surface area contributed by atoms with Crippen LogP contribution >= 0.6 is 0 Å². The molecule has 0 bridgehead atoms. The maximum absolute atomic E-state index is 13.2. The molecule has 3 N–H and O–H groups in total. The van der Waals surface area contributed by atoms with Crippen LogP contribution in [0.5, 0.6) is 5.88 Å². The highest BCUT2D eigenvalue weighted by molar-refractivity contribution is 5.93. The SMILES string of the molecule is C[C@@H]1c2nc(Nc3cc4c(C(C)(C)N)cnc(OC5CC(C(=O)N6CC(F)(F)C6)C5)c4cn3)ccc2C(=O)OC1(C)C. The van der Waals surface area contributed by atoms with E-state index in [4.69, 9.17) is 20.2 Å². The summed E-state index contributed by atoms with van der Waals surface area (Å²) in [5, 5.41) is 4.69. The van der Waals surface area contributed by atoms with Gasteiger partial charge in [-0.3, -0.25) is 4.79 Å². The van der Waals surface area contributed by atoms with Crippen molar-refractivity contribution in [2.24, 2.45) is 11.7 Å². The first-order valence-electron chi connectivity index (χ1n) is 14.0. The first-order chi connectivity index (χ1) is 19.6. The van der Waals surface area contributed by atoms with Gasteiger partial charge in [0.2, 0.25) is 11.8 Å². The second-order valence-corrected chi connectivity index (χ2v) is 12.7. The second kappa shape index (κ2) is 9.55. The average molecular weight is 581 g/mol. The lowest BCUT2D eigenvalue weighted by Crippen LogP contribution is -2.61. The van der Waals surface area contributed by atoms with Gasteiger partial charge in [0, 0.05) is 29.8 Å². The number of esters is 1. The summed E-state index contributed by atoms with van der Waals surface area (Å²) in [5.74, 6) is -2.45. The second-order valence-electron chi connectivity index (χ2n) is 12.7. The topological polar surface area (TPSA) is 133 Å². The number of likely N-dealkylation sites (tertiary alicyclic amines) is 1. The molecule has 1 aliphatic carbocycles. The minimum Gasteiger partial charge on any atom is -0.474 e. The molecule has 1 amide bonds. The molecule has 0 spiro atoms. The molecule has 10 nitrogen and oxygen atoms in total. The number of carbonyl (C=O) groups excluding carboxylic acids is 2. The number of nitrogens with zero attached hydrogens (tertiary/aromatic N) is 4. The van der Waals surface area contributed by atoms with Crippen LogP contribution in [0.15, 0.2) is 30.6 Å². The van der Waals surface area contributed by atoms with Crippen molar-refractivity contribution in [1.82, 2.24) is 19.9 Å². The molecule has 1 saturated heterocycles. The van der Waals surface area contributed by atoms with Gasteiger partial charge in [-0.05, 0) is 69.7 Å². The number of fused-ring (bicyclic) bond motifs is 2. The number of cyclic esters (lactones) is 1. The number of aromatic nitrogens is 3. The Labute approximate surface area is 242 Å².